The highest BCUT2D eigenvalue weighted by molar-refractivity contribution is 5.89. The molecule has 1 amide bonds. The molecule has 0 heterocycles. The Balaban J connectivity index is 4.30. The number of carboxylic acid groups (broad SMARTS) is 2. The Morgan fingerprint density at radius 2 is 2.12 bits per heavy atom. The summed E-state index contributed by atoms with van der Waals surface area (Å²) in [6, 6.07) is -2.24. The van der Waals surface area contributed by atoms with Gasteiger partial charge in [0.1, 0.15) is 6.04 Å². The first-order chi connectivity index (χ1) is 7.92. The van der Waals surface area contributed by atoms with Gasteiger partial charge in [0, 0.05) is 0 Å². The number of carboxylic acids is 2. The van der Waals surface area contributed by atoms with Gasteiger partial charge in [-0.3, -0.25) is 9.59 Å². The van der Waals surface area contributed by atoms with Gasteiger partial charge in [-0.05, 0) is 6.42 Å². The minimum absolute atomic E-state index is 0.274. The molecular weight excluding hydrogens is 216 g/mol. The van der Waals surface area contributed by atoms with E-state index < -0.39 is 36.4 Å². The Labute approximate surface area is 94.1 Å². The minimum atomic E-state index is -1.22. The Morgan fingerprint density at radius 1 is 1.50 bits per heavy atom. The third-order valence-electron chi connectivity index (χ3n) is 1.92. The molecule has 0 aromatic rings. The highest BCUT2D eigenvalue weighted by Crippen LogP contribution is 1.98. The summed E-state index contributed by atoms with van der Waals surface area (Å²) in [7, 11) is 0. The van der Waals surface area contributed by atoms with Crippen molar-refractivity contribution in [1.29, 1.82) is 1.43 Å². The molecule has 2 atom stereocenters. The van der Waals surface area contributed by atoms with Crippen LogP contribution in [0.1, 0.15) is 26.2 Å². The maximum Gasteiger partial charge on any atom is 0.326 e. The summed E-state index contributed by atoms with van der Waals surface area (Å²) in [5.41, 5.74) is 5.35. The first-order valence-corrected chi connectivity index (χ1v) is 4.87. The van der Waals surface area contributed by atoms with Gasteiger partial charge >= 0.3 is 11.9 Å². The molecule has 0 rings (SSSR count). The molecule has 0 saturated carbocycles. The lowest BCUT2D eigenvalue weighted by atomic mass is 10.1. The Morgan fingerprint density at radius 3 is 2.56 bits per heavy atom. The maximum absolute atomic E-state index is 11.4. The van der Waals surface area contributed by atoms with E-state index in [0.29, 0.717) is 6.42 Å². The smallest absolute Gasteiger partial charge is 0.326 e. The molecule has 0 saturated heterocycles. The van der Waals surface area contributed by atoms with Crippen LogP contribution in [0, 0.1) is 0 Å². The first kappa shape index (κ1) is 12.4. The molecular formula is C9H16N2O5. The number of rotatable bonds is 7. The van der Waals surface area contributed by atoms with E-state index in [4.69, 9.17) is 12.3 Å². The Hall–Kier alpha value is -1.63. The van der Waals surface area contributed by atoms with Gasteiger partial charge in [-0.1, -0.05) is 13.3 Å². The number of hydrogen-bond donors (Lipinski definition) is 4. The Bertz CT molecular complexity index is 297. The summed E-state index contributed by atoms with van der Waals surface area (Å²) < 4.78 is 6.29. The second-order valence-corrected chi connectivity index (χ2v) is 3.37. The second-order valence-electron chi connectivity index (χ2n) is 3.37. The SMILES string of the molecule is [2H]OC(=O)CC(N)C(=O)N[C@@H](CCC)C(=O)O. The zero-order chi connectivity index (χ0) is 13.4. The summed E-state index contributed by atoms with van der Waals surface area (Å²) in [4.78, 5) is 32.9. The fraction of sp³-hybridized carbons (Fsp3) is 0.667. The topological polar surface area (TPSA) is 130 Å². The van der Waals surface area contributed by atoms with Crippen molar-refractivity contribution < 1.29 is 24.6 Å². The summed E-state index contributed by atoms with van der Waals surface area (Å²) in [6.07, 6.45) is 0.395. The maximum atomic E-state index is 11.4. The van der Waals surface area contributed by atoms with Crippen molar-refractivity contribution in [2.75, 3.05) is 0 Å². The van der Waals surface area contributed by atoms with Crippen molar-refractivity contribution >= 4 is 17.8 Å². The first-order valence-electron chi connectivity index (χ1n) is 5.27. The average molecular weight is 233 g/mol. The largest absolute Gasteiger partial charge is 0.481 e. The molecule has 92 valence electrons. The van der Waals surface area contributed by atoms with Crippen LogP contribution < -0.4 is 11.1 Å². The third-order valence-corrected chi connectivity index (χ3v) is 1.92. The van der Waals surface area contributed by atoms with Crippen LogP contribution in [0.25, 0.3) is 1.43 Å². The number of nitrogens with two attached hydrogens (primary N) is 1. The zero-order valence-electron chi connectivity index (χ0n) is 9.93. The van der Waals surface area contributed by atoms with Crippen molar-refractivity contribution in [1.82, 2.24) is 5.32 Å². The minimum Gasteiger partial charge on any atom is -0.481 e. The van der Waals surface area contributed by atoms with Crippen LogP contribution in [-0.4, -0.2) is 40.1 Å². The fourth-order valence-electron chi connectivity index (χ4n) is 1.10. The van der Waals surface area contributed by atoms with E-state index in [1.54, 1.807) is 6.92 Å². The van der Waals surface area contributed by atoms with E-state index >= 15 is 0 Å². The van der Waals surface area contributed by atoms with E-state index in [1.165, 1.54) is 0 Å². The van der Waals surface area contributed by atoms with Gasteiger partial charge in [0.05, 0.1) is 12.5 Å². The fourth-order valence-corrected chi connectivity index (χ4v) is 1.10. The average Bonchev–Trinajstić information content (AvgIpc) is 2.27. The quantitative estimate of drug-likeness (QED) is 0.453. The molecule has 0 aliphatic rings. The number of carbonyl (C=O) groups is 3. The molecule has 7 nitrogen and oxygen atoms in total. The lowest BCUT2D eigenvalue weighted by molar-refractivity contribution is -0.142. The predicted octanol–water partition coefficient (Wildman–Crippen LogP) is -0.842. The van der Waals surface area contributed by atoms with E-state index in [9.17, 15) is 14.4 Å². The molecule has 0 bridgehead atoms. The van der Waals surface area contributed by atoms with Crippen LogP contribution in [0.3, 0.4) is 0 Å². The highest BCUT2D eigenvalue weighted by Gasteiger charge is 2.23. The van der Waals surface area contributed by atoms with Gasteiger partial charge in [0.2, 0.25) is 5.91 Å². The van der Waals surface area contributed by atoms with Crippen molar-refractivity contribution in [2.24, 2.45) is 5.73 Å². The molecule has 16 heavy (non-hydrogen) atoms. The molecule has 0 radical (unpaired) electrons. The van der Waals surface area contributed by atoms with Crippen LogP contribution in [-0.2, 0) is 14.4 Å². The lowest BCUT2D eigenvalue weighted by Crippen LogP contribution is -2.49. The molecule has 0 aromatic carbocycles. The highest BCUT2D eigenvalue weighted by atomic mass is 16.4. The van der Waals surface area contributed by atoms with Crippen molar-refractivity contribution in [3.63, 3.8) is 0 Å². The van der Waals surface area contributed by atoms with Crippen molar-refractivity contribution in [3.05, 3.63) is 0 Å². The molecule has 1 unspecified atom stereocenters. The van der Waals surface area contributed by atoms with Crippen molar-refractivity contribution in [3.8, 4) is 0 Å². The molecule has 0 aliphatic heterocycles. The van der Waals surface area contributed by atoms with Crippen LogP contribution >= 0.6 is 0 Å². The summed E-state index contributed by atoms with van der Waals surface area (Å²) in [5, 5.41) is 14.6. The van der Waals surface area contributed by atoms with E-state index in [2.05, 4.69) is 10.4 Å². The third kappa shape index (κ3) is 5.30. The lowest BCUT2D eigenvalue weighted by Gasteiger charge is -2.16. The van der Waals surface area contributed by atoms with Crippen LogP contribution in [0.2, 0.25) is 0 Å². The number of carbonyl (C=O) groups excluding carboxylic acids is 1. The molecule has 0 spiro atoms. The number of hydrogen-bond acceptors (Lipinski definition) is 5. The van der Waals surface area contributed by atoms with Gasteiger partial charge in [-0.2, -0.15) is 0 Å². The molecule has 0 aliphatic carbocycles. The molecule has 0 fully saturated rings. The van der Waals surface area contributed by atoms with E-state index in [-0.39, 0.29) is 6.42 Å². The normalized spacial score (nSPS) is 14.5. The van der Waals surface area contributed by atoms with Crippen LogP contribution in [0.15, 0.2) is 0 Å². The van der Waals surface area contributed by atoms with Gasteiger partial charge in [0.25, 0.3) is 1.43 Å². The van der Waals surface area contributed by atoms with Crippen molar-refractivity contribution in [2.45, 2.75) is 38.3 Å². The number of nitrogens with one attached hydrogen (secondary N) is 1. The second kappa shape index (κ2) is 6.78. The molecule has 7 heteroatoms. The number of aliphatic carboxylic acids is 2. The molecule has 0 aromatic heterocycles. The van der Waals surface area contributed by atoms with Crippen LogP contribution in [0.5, 0.6) is 0 Å². The van der Waals surface area contributed by atoms with E-state index in [1.807, 2.05) is 0 Å². The van der Waals surface area contributed by atoms with Gasteiger partial charge in [-0.15, -0.1) is 0 Å². The molecule has 5 N–H and O–H groups in total. The van der Waals surface area contributed by atoms with E-state index in [0.717, 1.165) is 0 Å². The summed E-state index contributed by atoms with van der Waals surface area (Å²) >= 11 is 0. The predicted molar refractivity (Wildman–Crippen MR) is 54.7 cm³/mol. The monoisotopic (exact) mass is 233 g/mol. The van der Waals surface area contributed by atoms with Crippen LogP contribution in [0.4, 0.5) is 0 Å². The van der Waals surface area contributed by atoms with Gasteiger partial charge in [-0.25, -0.2) is 4.79 Å². The summed E-state index contributed by atoms with van der Waals surface area (Å²) in [6.45, 7) is 1.78. The Kier molecular flexibility index (Phi) is 5.27. The standard InChI is InChI=1S/C9H16N2O5/c1-2-3-6(9(15)16)11-8(14)5(10)4-7(12)13/h5-6H,2-4,10H2,1H3,(H,11,14)(H,12,13)(H,15,16)/t5?,6-/m0/s1/i/hD. The van der Waals surface area contributed by atoms with Gasteiger partial charge in [0.15, 0.2) is 0 Å². The summed E-state index contributed by atoms with van der Waals surface area (Å²) in [5.74, 6) is -2.86. The number of amides is 1. The van der Waals surface area contributed by atoms with Gasteiger partial charge < -0.3 is 21.3 Å². The zero-order valence-corrected chi connectivity index (χ0v) is 8.93.